The second kappa shape index (κ2) is 8.68. The molecule has 2 aliphatic heterocycles. The first kappa shape index (κ1) is 18.3. The van der Waals surface area contributed by atoms with E-state index in [1.807, 2.05) is 0 Å². The molecule has 128 valence electrons. The van der Waals surface area contributed by atoms with Gasteiger partial charge in [-0.15, -0.1) is 24.0 Å². The van der Waals surface area contributed by atoms with Crippen molar-refractivity contribution in [2.75, 3.05) is 26.4 Å². The molecule has 23 heavy (non-hydrogen) atoms. The SMILES string of the molecule is I.NC(=NCCc1cc(F)cc2c1OCOC2)N1CCCCC1. The van der Waals surface area contributed by atoms with Gasteiger partial charge in [0.2, 0.25) is 0 Å². The summed E-state index contributed by atoms with van der Waals surface area (Å²) in [6.45, 7) is 3.09. The van der Waals surface area contributed by atoms with Gasteiger partial charge in [-0.25, -0.2) is 4.39 Å². The number of nitrogens with two attached hydrogens (primary N) is 1. The standard InChI is InChI=1S/C16H22FN3O2.HI/c17-14-8-12(15-13(9-14)10-21-11-22-15)4-5-19-16(18)20-6-2-1-3-7-20;/h8-9H,1-7,10-11H2,(H2,18,19);1H. The normalized spacial score (nSPS) is 18.0. The van der Waals surface area contributed by atoms with Crippen molar-refractivity contribution in [3.05, 3.63) is 29.1 Å². The molecule has 2 aliphatic rings. The zero-order valence-corrected chi connectivity index (χ0v) is 15.4. The second-order valence-electron chi connectivity index (χ2n) is 5.70. The Hall–Kier alpha value is -1.09. The molecule has 0 radical (unpaired) electrons. The van der Waals surface area contributed by atoms with Crippen molar-refractivity contribution < 1.29 is 13.9 Å². The number of fused-ring (bicyclic) bond motifs is 1. The average Bonchev–Trinajstić information content (AvgIpc) is 2.55. The molecule has 0 atom stereocenters. The zero-order valence-electron chi connectivity index (χ0n) is 13.1. The third-order valence-electron chi connectivity index (χ3n) is 4.09. The van der Waals surface area contributed by atoms with Gasteiger partial charge in [-0.3, -0.25) is 4.99 Å². The molecule has 0 spiro atoms. The van der Waals surface area contributed by atoms with Gasteiger partial charge in [0.25, 0.3) is 0 Å². The van der Waals surface area contributed by atoms with Crippen LogP contribution < -0.4 is 10.5 Å². The van der Waals surface area contributed by atoms with Crippen molar-refractivity contribution in [3.63, 3.8) is 0 Å². The van der Waals surface area contributed by atoms with Crippen LogP contribution in [0.1, 0.15) is 30.4 Å². The van der Waals surface area contributed by atoms with Gasteiger partial charge in [-0.1, -0.05) is 0 Å². The summed E-state index contributed by atoms with van der Waals surface area (Å²) in [5.74, 6) is 1.06. The minimum absolute atomic E-state index is 0. The van der Waals surface area contributed by atoms with Crippen LogP contribution in [0.25, 0.3) is 0 Å². The highest BCUT2D eigenvalue weighted by atomic mass is 127. The number of aliphatic imine (C=N–C) groups is 1. The van der Waals surface area contributed by atoms with Crippen LogP contribution in [0.2, 0.25) is 0 Å². The van der Waals surface area contributed by atoms with Gasteiger partial charge >= 0.3 is 0 Å². The summed E-state index contributed by atoms with van der Waals surface area (Å²) >= 11 is 0. The fraction of sp³-hybridized carbons (Fsp3) is 0.562. The lowest BCUT2D eigenvalue weighted by atomic mass is 10.1. The lowest BCUT2D eigenvalue weighted by molar-refractivity contribution is -0.0172. The maximum absolute atomic E-state index is 13.7. The van der Waals surface area contributed by atoms with Crippen LogP contribution >= 0.6 is 24.0 Å². The van der Waals surface area contributed by atoms with E-state index in [0.29, 0.717) is 25.5 Å². The van der Waals surface area contributed by atoms with Crippen LogP contribution in [-0.4, -0.2) is 37.3 Å². The van der Waals surface area contributed by atoms with Crippen LogP contribution in [0, 0.1) is 5.82 Å². The number of nitrogens with zero attached hydrogens (tertiary/aromatic N) is 2. The number of likely N-dealkylation sites (tertiary alicyclic amines) is 1. The molecule has 1 saturated heterocycles. The molecular formula is C16H23FIN3O2. The number of halogens is 2. The maximum atomic E-state index is 13.7. The Labute approximate surface area is 153 Å². The molecule has 0 amide bonds. The Bertz CT molecular complexity index is 563. The Morgan fingerprint density at radius 2 is 2.04 bits per heavy atom. The van der Waals surface area contributed by atoms with Gasteiger partial charge < -0.3 is 20.1 Å². The number of ether oxygens (including phenoxy) is 2. The van der Waals surface area contributed by atoms with Gasteiger partial charge in [0.15, 0.2) is 12.8 Å². The van der Waals surface area contributed by atoms with Crippen molar-refractivity contribution in [1.82, 2.24) is 4.90 Å². The van der Waals surface area contributed by atoms with E-state index in [2.05, 4.69) is 9.89 Å². The Kier molecular flexibility index (Phi) is 6.88. The van der Waals surface area contributed by atoms with Crippen molar-refractivity contribution in [3.8, 4) is 5.75 Å². The molecule has 0 aromatic heterocycles. The summed E-state index contributed by atoms with van der Waals surface area (Å²) in [6, 6.07) is 2.97. The van der Waals surface area contributed by atoms with E-state index in [9.17, 15) is 4.39 Å². The van der Waals surface area contributed by atoms with Gasteiger partial charge in [0.05, 0.1) is 6.61 Å². The number of hydrogen-bond donors (Lipinski definition) is 1. The van der Waals surface area contributed by atoms with E-state index in [1.165, 1.54) is 31.4 Å². The quantitative estimate of drug-likeness (QED) is 0.451. The number of guanidine groups is 1. The Morgan fingerprint density at radius 3 is 2.83 bits per heavy atom. The van der Waals surface area contributed by atoms with E-state index in [4.69, 9.17) is 15.2 Å². The van der Waals surface area contributed by atoms with Crippen LogP contribution in [0.15, 0.2) is 17.1 Å². The molecule has 7 heteroatoms. The van der Waals surface area contributed by atoms with Crippen LogP contribution in [0.5, 0.6) is 5.75 Å². The molecule has 0 bridgehead atoms. The topological polar surface area (TPSA) is 60.1 Å². The minimum atomic E-state index is -0.268. The van der Waals surface area contributed by atoms with Gasteiger partial charge in [0, 0.05) is 25.2 Å². The summed E-state index contributed by atoms with van der Waals surface area (Å²) < 4.78 is 24.3. The van der Waals surface area contributed by atoms with E-state index in [0.717, 1.165) is 30.0 Å². The monoisotopic (exact) mass is 435 g/mol. The molecule has 2 heterocycles. The van der Waals surface area contributed by atoms with E-state index < -0.39 is 0 Å². The van der Waals surface area contributed by atoms with Crippen molar-refractivity contribution >= 4 is 29.9 Å². The summed E-state index contributed by atoms with van der Waals surface area (Å²) in [5, 5.41) is 0. The second-order valence-corrected chi connectivity index (χ2v) is 5.70. The predicted octanol–water partition coefficient (Wildman–Crippen LogP) is 2.65. The third kappa shape index (κ3) is 4.69. The van der Waals surface area contributed by atoms with Crippen molar-refractivity contribution in [2.24, 2.45) is 10.7 Å². The lowest BCUT2D eigenvalue weighted by Crippen LogP contribution is -2.41. The average molecular weight is 435 g/mol. The van der Waals surface area contributed by atoms with Crippen LogP contribution in [0.3, 0.4) is 0 Å². The van der Waals surface area contributed by atoms with E-state index >= 15 is 0 Å². The van der Waals surface area contributed by atoms with Crippen LogP contribution in [0.4, 0.5) is 4.39 Å². The van der Waals surface area contributed by atoms with Gasteiger partial charge in [0.1, 0.15) is 11.6 Å². The summed E-state index contributed by atoms with van der Waals surface area (Å²) in [4.78, 5) is 6.55. The molecule has 5 nitrogen and oxygen atoms in total. The number of piperidine rings is 1. The van der Waals surface area contributed by atoms with Crippen LogP contribution in [-0.2, 0) is 17.8 Å². The van der Waals surface area contributed by atoms with E-state index in [1.54, 1.807) is 0 Å². The first-order valence-corrected chi connectivity index (χ1v) is 7.81. The van der Waals surface area contributed by atoms with Gasteiger partial charge in [-0.05, 0) is 43.4 Å². The Morgan fingerprint density at radius 1 is 1.26 bits per heavy atom. The summed E-state index contributed by atoms with van der Waals surface area (Å²) in [5.41, 5.74) is 7.62. The Balaban J connectivity index is 0.00000192. The summed E-state index contributed by atoms with van der Waals surface area (Å²) in [7, 11) is 0. The smallest absolute Gasteiger partial charge is 0.191 e. The molecule has 0 unspecified atom stereocenters. The molecule has 3 rings (SSSR count). The highest BCUT2D eigenvalue weighted by Crippen LogP contribution is 2.29. The largest absolute Gasteiger partial charge is 0.467 e. The fourth-order valence-corrected chi connectivity index (χ4v) is 2.96. The molecule has 2 N–H and O–H groups in total. The van der Waals surface area contributed by atoms with Gasteiger partial charge in [-0.2, -0.15) is 0 Å². The fourth-order valence-electron chi connectivity index (χ4n) is 2.96. The summed E-state index contributed by atoms with van der Waals surface area (Å²) in [6.07, 6.45) is 4.20. The molecular weight excluding hydrogens is 412 g/mol. The first-order chi connectivity index (χ1) is 10.7. The predicted molar refractivity (Wildman–Crippen MR) is 97.7 cm³/mol. The lowest BCUT2D eigenvalue weighted by Gasteiger charge is -2.27. The van der Waals surface area contributed by atoms with Crippen molar-refractivity contribution in [2.45, 2.75) is 32.3 Å². The van der Waals surface area contributed by atoms with Crippen molar-refractivity contribution in [1.29, 1.82) is 0 Å². The highest BCUT2D eigenvalue weighted by Gasteiger charge is 2.17. The highest BCUT2D eigenvalue weighted by molar-refractivity contribution is 14.0. The molecule has 1 aromatic rings. The molecule has 0 aliphatic carbocycles. The third-order valence-corrected chi connectivity index (χ3v) is 4.09. The molecule has 1 fully saturated rings. The first-order valence-electron chi connectivity index (χ1n) is 7.81. The zero-order chi connectivity index (χ0) is 15.4. The number of hydrogen-bond acceptors (Lipinski definition) is 3. The number of rotatable bonds is 3. The molecule has 0 saturated carbocycles. The van der Waals surface area contributed by atoms with E-state index in [-0.39, 0.29) is 36.6 Å². The molecule has 1 aromatic carbocycles. The number of benzene rings is 1. The minimum Gasteiger partial charge on any atom is -0.467 e. The maximum Gasteiger partial charge on any atom is 0.191 e.